The number of carbonyl (C=O) groups is 1. The van der Waals surface area contributed by atoms with Crippen molar-refractivity contribution < 1.29 is 22.7 Å². The van der Waals surface area contributed by atoms with Crippen molar-refractivity contribution >= 4 is 27.6 Å². The Bertz CT molecular complexity index is 926. The van der Waals surface area contributed by atoms with Crippen LogP contribution in [-0.4, -0.2) is 28.6 Å². The van der Waals surface area contributed by atoms with Crippen LogP contribution in [0.3, 0.4) is 0 Å². The molecular formula is C20H24ClNO5S. The van der Waals surface area contributed by atoms with Crippen LogP contribution in [0.4, 0.5) is 0 Å². The minimum absolute atomic E-state index is 0.00287. The molecule has 6 nitrogen and oxygen atoms in total. The first-order valence-corrected chi connectivity index (χ1v) is 10.6. The van der Waals surface area contributed by atoms with Crippen LogP contribution in [0.1, 0.15) is 42.2 Å². The van der Waals surface area contributed by atoms with Crippen molar-refractivity contribution in [3.05, 3.63) is 58.6 Å². The van der Waals surface area contributed by atoms with E-state index in [1.54, 1.807) is 19.2 Å². The van der Waals surface area contributed by atoms with Gasteiger partial charge in [-0.15, -0.1) is 0 Å². The van der Waals surface area contributed by atoms with Crippen LogP contribution in [0.25, 0.3) is 0 Å². The van der Waals surface area contributed by atoms with Gasteiger partial charge in [-0.05, 0) is 48.2 Å². The zero-order valence-corrected chi connectivity index (χ0v) is 17.8. The van der Waals surface area contributed by atoms with E-state index in [2.05, 4.69) is 9.46 Å². The molecule has 0 aliphatic carbocycles. The molecule has 0 aromatic heterocycles. The molecule has 0 aliphatic rings. The zero-order chi connectivity index (χ0) is 20.9. The highest BCUT2D eigenvalue weighted by Gasteiger charge is 2.24. The molecule has 0 spiro atoms. The van der Waals surface area contributed by atoms with E-state index in [0.717, 1.165) is 5.56 Å². The highest BCUT2D eigenvalue weighted by atomic mass is 35.5. The molecule has 0 bridgehead atoms. The van der Waals surface area contributed by atoms with Gasteiger partial charge in [0, 0.05) is 6.04 Å². The third-order valence-electron chi connectivity index (χ3n) is 4.18. The molecule has 2 aromatic carbocycles. The second kappa shape index (κ2) is 9.41. The predicted octanol–water partition coefficient (Wildman–Crippen LogP) is 4.20. The number of sulfonamides is 1. The molecule has 0 radical (unpaired) electrons. The van der Waals surface area contributed by atoms with Gasteiger partial charge in [0.1, 0.15) is 5.75 Å². The number of carbonyl (C=O) groups excluding carboxylic acids is 1. The Morgan fingerprint density at radius 1 is 1.11 bits per heavy atom. The molecular weight excluding hydrogens is 402 g/mol. The number of halogens is 1. The minimum atomic E-state index is -3.90. The fourth-order valence-electron chi connectivity index (χ4n) is 2.75. The Morgan fingerprint density at radius 2 is 1.75 bits per heavy atom. The monoisotopic (exact) mass is 425 g/mol. The molecule has 2 aromatic rings. The third kappa shape index (κ3) is 5.47. The van der Waals surface area contributed by atoms with Gasteiger partial charge in [0.25, 0.3) is 0 Å². The normalized spacial score (nSPS) is 12.6. The van der Waals surface area contributed by atoms with Crippen molar-refractivity contribution in [3.63, 3.8) is 0 Å². The van der Waals surface area contributed by atoms with Crippen LogP contribution >= 0.6 is 11.6 Å². The average molecular weight is 426 g/mol. The topological polar surface area (TPSA) is 81.7 Å². The summed E-state index contributed by atoms with van der Waals surface area (Å²) in [6.45, 7) is 4.03. The van der Waals surface area contributed by atoms with Gasteiger partial charge in [0.05, 0.1) is 29.7 Å². The maximum Gasteiger partial charge on any atom is 0.339 e. The van der Waals surface area contributed by atoms with Gasteiger partial charge in [0.15, 0.2) is 0 Å². The quantitative estimate of drug-likeness (QED) is 0.641. The third-order valence-corrected chi connectivity index (χ3v) is 5.98. The Hall–Kier alpha value is -2.09. The van der Waals surface area contributed by atoms with Crippen LogP contribution in [0.15, 0.2) is 47.4 Å². The first kappa shape index (κ1) is 22.2. The second-order valence-corrected chi connectivity index (χ2v) is 8.83. The smallest absolute Gasteiger partial charge is 0.339 e. The maximum absolute atomic E-state index is 13.0. The van der Waals surface area contributed by atoms with Gasteiger partial charge in [-0.3, -0.25) is 0 Å². The van der Waals surface area contributed by atoms with E-state index in [1.165, 1.54) is 25.3 Å². The van der Waals surface area contributed by atoms with E-state index in [0.29, 0.717) is 12.2 Å². The van der Waals surface area contributed by atoms with Crippen molar-refractivity contribution in [2.24, 2.45) is 5.92 Å². The van der Waals surface area contributed by atoms with Gasteiger partial charge < -0.3 is 9.47 Å². The highest BCUT2D eigenvalue weighted by molar-refractivity contribution is 7.89. The fourth-order valence-corrected chi connectivity index (χ4v) is 4.21. The summed E-state index contributed by atoms with van der Waals surface area (Å²) in [5.74, 6) is 0.247. The molecule has 28 heavy (non-hydrogen) atoms. The van der Waals surface area contributed by atoms with Crippen LogP contribution < -0.4 is 9.46 Å². The van der Waals surface area contributed by atoms with E-state index >= 15 is 0 Å². The van der Waals surface area contributed by atoms with E-state index in [9.17, 15) is 13.2 Å². The van der Waals surface area contributed by atoms with Crippen LogP contribution in [-0.2, 0) is 14.8 Å². The van der Waals surface area contributed by atoms with E-state index in [1.807, 2.05) is 26.0 Å². The number of ether oxygens (including phenoxy) is 2. The first-order chi connectivity index (χ1) is 13.2. The lowest BCUT2D eigenvalue weighted by Gasteiger charge is -2.21. The number of nitrogens with one attached hydrogen (secondary N) is 1. The molecule has 8 heteroatoms. The molecule has 1 N–H and O–H groups in total. The summed E-state index contributed by atoms with van der Waals surface area (Å²) in [6, 6.07) is 10.7. The van der Waals surface area contributed by atoms with Gasteiger partial charge in [-0.2, -0.15) is 0 Å². The molecule has 0 saturated heterocycles. The van der Waals surface area contributed by atoms with Gasteiger partial charge in [-0.25, -0.2) is 17.9 Å². The number of hydrogen-bond acceptors (Lipinski definition) is 5. The van der Waals surface area contributed by atoms with E-state index < -0.39 is 22.0 Å². The molecule has 0 aliphatic heterocycles. The summed E-state index contributed by atoms with van der Waals surface area (Å²) in [5, 5.41) is 0.125. The van der Waals surface area contributed by atoms with Crippen molar-refractivity contribution in [1.82, 2.24) is 4.72 Å². The summed E-state index contributed by atoms with van der Waals surface area (Å²) in [4.78, 5) is 11.8. The molecule has 1 atom stereocenters. The fraction of sp³-hybridized carbons (Fsp3) is 0.350. The van der Waals surface area contributed by atoms with Crippen LogP contribution in [0, 0.1) is 5.92 Å². The summed E-state index contributed by atoms with van der Waals surface area (Å²) in [6.07, 6.45) is 0.600. The summed E-state index contributed by atoms with van der Waals surface area (Å²) in [7, 11) is -1.12. The number of rotatable bonds is 8. The number of hydrogen-bond donors (Lipinski definition) is 1. The lowest BCUT2D eigenvalue weighted by atomic mass is 9.98. The van der Waals surface area contributed by atoms with Gasteiger partial charge >= 0.3 is 5.97 Å². The average Bonchev–Trinajstić information content (AvgIpc) is 2.66. The Kier molecular flexibility index (Phi) is 7.46. The standard InChI is InChI=1S/C20H24ClNO5S/c1-13(2)11-19(14-5-7-15(26-3)8-6-14)22-28(24,25)16-9-10-18(21)17(12-16)20(23)27-4/h5-10,12-13,19,22H,11H2,1-4H3/t19-/m0/s1. The number of esters is 1. The minimum Gasteiger partial charge on any atom is -0.497 e. The Balaban J connectivity index is 2.38. The zero-order valence-electron chi connectivity index (χ0n) is 16.2. The molecule has 0 saturated carbocycles. The van der Waals surface area contributed by atoms with Crippen molar-refractivity contribution in [2.75, 3.05) is 14.2 Å². The van der Waals surface area contributed by atoms with Crippen LogP contribution in [0.5, 0.6) is 5.75 Å². The lowest BCUT2D eigenvalue weighted by Crippen LogP contribution is -2.30. The van der Waals surface area contributed by atoms with E-state index in [4.69, 9.17) is 16.3 Å². The summed E-state index contributed by atoms with van der Waals surface area (Å²) in [5.41, 5.74) is 0.817. The first-order valence-electron chi connectivity index (χ1n) is 8.72. The molecule has 0 unspecified atom stereocenters. The predicted molar refractivity (Wildman–Crippen MR) is 108 cm³/mol. The summed E-state index contributed by atoms with van der Waals surface area (Å²) < 4.78 is 38.5. The van der Waals surface area contributed by atoms with Crippen molar-refractivity contribution in [1.29, 1.82) is 0 Å². The Morgan fingerprint density at radius 3 is 2.29 bits per heavy atom. The molecule has 2 rings (SSSR count). The van der Waals surface area contributed by atoms with Gasteiger partial charge in [0.2, 0.25) is 10.0 Å². The molecule has 0 fully saturated rings. The van der Waals surface area contributed by atoms with Crippen LogP contribution in [0.2, 0.25) is 5.02 Å². The number of methoxy groups -OCH3 is 2. The number of benzene rings is 2. The van der Waals surface area contributed by atoms with E-state index in [-0.39, 0.29) is 21.4 Å². The molecule has 152 valence electrons. The molecule has 0 amide bonds. The molecule has 0 heterocycles. The Labute approximate surface area is 170 Å². The SMILES string of the molecule is COC(=O)c1cc(S(=O)(=O)N[C@@H](CC(C)C)c2ccc(OC)cc2)ccc1Cl. The van der Waals surface area contributed by atoms with Gasteiger partial charge in [-0.1, -0.05) is 37.6 Å². The van der Waals surface area contributed by atoms with Crippen molar-refractivity contribution in [3.8, 4) is 5.75 Å². The van der Waals surface area contributed by atoms with Crippen molar-refractivity contribution in [2.45, 2.75) is 31.2 Å². The summed E-state index contributed by atoms with van der Waals surface area (Å²) >= 11 is 5.99. The highest BCUT2D eigenvalue weighted by Crippen LogP contribution is 2.27. The maximum atomic E-state index is 13.0. The largest absolute Gasteiger partial charge is 0.497 e. The second-order valence-electron chi connectivity index (χ2n) is 6.71. The lowest BCUT2D eigenvalue weighted by molar-refractivity contribution is 0.0600.